The number of nitrogens with zero attached hydrogens (tertiary/aromatic N) is 3. The molecule has 1 fully saturated rings. The van der Waals surface area contributed by atoms with Crippen LogP contribution in [0.3, 0.4) is 0 Å². The van der Waals surface area contributed by atoms with E-state index in [1.165, 1.54) is 12.3 Å². The number of amides is 1. The molecule has 0 aliphatic carbocycles. The maximum Gasteiger partial charge on any atom is 0.410 e. The Bertz CT molecular complexity index is 542. The predicted octanol–water partition coefficient (Wildman–Crippen LogP) is 3.25. The van der Waals surface area contributed by atoms with Gasteiger partial charge >= 0.3 is 6.09 Å². The largest absolute Gasteiger partial charge is 0.444 e. The fourth-order valence-electron chi connectivity index (χ4n) is 2.28. The highest BCUT2D eigenvalue weighted by Gasteiger charge is 2.27. The predicted molar refractivity (Wildman–Crippen MR) is 83.8 cm³/mol. The average Bonchev–Trinajstić information content (AvgIpc) is 2.45. The van der Waals surface area contributed by atoms with Crippen LogP contribution in [0.4, 0.5) is 19.4 Å². The fraction of sp³-hybridized carbons (Fsp3) is 0.625. The third-order valence-electron chi connectivity index (χ3n) is 3.51. The van der Waals surface area contributed by atoms with Gasteiger partial charge in [0.1, 0.15) is 11.4 Å². The van der Waals surface area contributed by atoms with Crippen LogP contribution in [0, 0.1) is 0 Å². The molecule has 0 spiro atoms. The molecule has 0 atom stereocenters. The van der Waals surface area contributed by atoms with Gasteiger partial charge in [0.05, 0.1) is 0 Å². The number of piperazine rings is 1. The first-order valence-corrected chi connectivity index (χ1v) is 7.63. The lowest BCUT2D eigenvalue weighted by atomic mass is 10.2. The van der Waals surface area contributed by atoms with Crippen molar-refractivity contribution >= 4 is 11.9 Å². The molecular weight excluding hydrogens is 304 g/mol. The standard InChI is InChI=1S/C16H23F2N3O2/c1-15(2,3)23-14(22)21-9-7-20(8-10-21)13-6-5-12(11-19-13)16(4,17)18/h5-6,11H,7-10H2,1-4H3. The molecule has 0 aromatic carbocycles. The number of ether oxygens (including phenoxy) is 1. The Labute approximate surface area is 135 Å². The van der Waals surface area contributed by atoms with Crippen molar-refractivity contribution in [2.75, 3.05) is 31.1 Å². The van der Waals surface area contributed by atoms with Crippen molar-refractivity contribution in [3.8, 4) is 0 Å². The molecule has 0 N–H and O–H groups in total. The van der Waals surface area contributed by atoms with E-state index in [9.17, 15) is 13.6 Å². The molecule has 1 aromatic heterocycles. The zero-order chi connectivity index (χ0) is 17.3. The van der Waals surface area contributed by atoms with Crippen molar-refractivity contribution in [2.24, 2.45) is 0 Å². The van der Waals surface area contributed by atoms with Gasteiger partial charge in [-0.1, -0.05) is 0 Å². The average molecular weight is 327 g/mol. The number of halogens is 2. The van der Waals surface area contributed by atoms with E-state index in [0.29, 0.717) is 32.0 Å². The van der Waals surface area contributed by atoms with Crippen LogP contribution < -0.4 is 4.90 Å². The molecule has 5 nitrogen and oxygen atoms in total. The third kappa shape index (κ3) is 4.77. The number of pyridine rings is 1. The molecule has 2 rings (SSSR count). The van der Waals surface area contributed by atoms with Gasteiger partial charge in [0, 0.05) is 44.9 Å². The number of carbonyl (C=O) groups excluding carboxylic acids is 1. The highest BCUT2D eigenvalue weighted by Crippen LogP contribution is 2.27. The van der Waals surface area contributed by atoms with Gasteiger partial charge in [0.25, 0.3) is 5.92 Å². The summed E-state index contributed by atoms with van der Waals surface area (Å²) in [6.07, 6.45) is 0.876. The van der Waals surface area contributed by atoms with E-state index in [4.69, 9.17) is 4.74 Å². The monoisotopic (exact) mass is 327 g/mol. The number of rotatable bonds is 2. The summed E-state index contributed by atoms with van der Waals surface area (Å²) in [4.78, 5) is 19.7. The summed E-state index contributed by atoms with van der Waals surface area (Å²) in [6.45, 7) is 8.55. The van der Waals surface area contributed by atoms with E-state index in [-0.39, 0.29) is 11.7 Å². The first-order chi connectivity index (χ1) is 10.6. The molecule has 0 radical (unpaired) electrons. The van der Waals surface area contributed by atoms with Gasteiger partial charge in [-0.3, -0.25) is 0 Å². The summed E-state index contributed by atoms with van der Waals surface area (Å²) in [5.74, 6) is -2.25. The molecule has 7 heteroatoms. The van der Waals surface area contributed by atoms with Crippen LogP contribution in [0.25, 0.3) is 0 Å². The lowest BCUT2D eigenvalue weighted by molar-refractivity contribution is 0.0169. The van der Waals surface area contributed by atoms with Crippen LogP contribution >= 0.6 is 0 Å². The number of alkyl halides is 2. The fourth-order valence-corrected chi connectivity index (χ4v) is 2.28. The van der Waals surface area contributed by atoms with Crippen LogP contribution in [0.2, 0.25) is 0 Å². The highest BCUT2D eigenvalue weighted by atomic mass is 19.3. The topological polar surface area (TPSA) is 45.7 Å². The number of anilines is 1. The Kier molecular flexibility index (Phi) is 4.77. The van der Waals surface area contributed by atoms with Crippen molar-refractivity contribution in [3.05, 3.63) is 23.9 Å². The summed E-state index contributed by atoms with van der Waals surface area (Å²) < 4.78 is 31.7. The molecule has 1 saturated heterocycles. The Morgan fingerprint density at radius 2 is 1.74 bits per heavy atom. The first-order valence-electron chi connectivity index (χ1n) is 7.63. The molecular formula is C16H23F2N3O2. The maximum absolute atomic E-state index is 13.2. The molecule has 2 heterocycles. The van der Waals surface area contributed by atoms with Crippen LogP contribution in [-0.2, 0) is 10.7 Å². The van der Waals surface area contributed by atoms with Gasteiger partial charge in [0.15, 0.2) is 0 Å². The second kappa shape index (κ2) is 6.29. The quantitative estimate of drug-likeness (QED) is 0.836. The van der Waals surface area contributed by atoms with E-state index in [0.717, 1.165) is 6.92 Å². The normalized spacial score (nSPS) is 16.4. The number of aromatic nitrogens is 1. The summed E-state index contributed by atoms with van der Waals surface area (Å²) in [5, 5.41) is 0. The van der Waals surface area contributed by atoms with Gasteiger partial charge < -0.3 is 14.5 Å². The highest BCUT2D eigenvalue weighted by molar-refractivity contribution is 5.68. The van der Waals surface area contributed by atoms with E-state index >= 15 is 0 Å². The minimum atomic E-state index is -2.89. The van der Waals surface area contributed by atoms with Crippen LogP contribution in [0.5, 0.6) is 0 Å². The van der Waals surface area contributed by atoms with E-state index < -0.39 is 11.5 Å². The van der Waals surface area contributed by atoms with Crippen LogP contribution in [0.1, 0.15) is 33.3 Å². The molecule has 0 unspecified atom stereocenters. The molecule has 1 aliphatic rings. The van der Waals surface area contributed by atoms with E-state index in [1.54, 1.807) is 11.0 Å². The number of carbonyl (C=O) groups is 1. The smallest absolute Gasteiger partial charge is 0.410 e. The van der Waals surface area contributed by atoms with Crippen molar-refractivity contribution in [1.82, 2.24) is 9.88 Å². The zero-order valence-corrected chi connectivity index (χ0v) is 14.0. The molecule has 0 saturated carbocycles. The van der Waals surface area contributed by atoms with Crippen molar-refractivity contribution in [1.29, 1.82) is 0 Å². The third-order valence-corrected chi connectivity index (χ3v) is 3.51. The van der Waals surface area contributed by atoms with Gasteiger partial charge in [-0.25, -0.2) is 18.6 Å². The lowest BCUT2D eigenvalue weighted by Crippen LogP contribution is -2.50. The Morgan fingerprint density at radius 3 is 2.17 bits per heavy atom. The van der Waals surface area contributed by atoms with Crippen LogP contribution in [-0.4, -0.2) is 47.8 Å². The zero-order valence-electron chi connectivity index (χ0n) is 14.0. The number of hydrogen-bond donors (Lipinski definition) is 0. The minimum absolute atomic E-state index is 0.103. The van der Waals surface area contributed by atoms with E-state index in [1.807, 2.05) is 25.7 Å². The second-order valence-corrected chi connectivity index (χ2v) is 6.75. The molecule has 128 valence electrons. The summed E-state index contributed by atoms with van der Waals surface area (Å²) in [5.41, 5.74) is -0.620. The molecule has 0 bridgehead atoms. The molecule has 1 amide bonds. The summed E-state index contributed by atoms with van der Waals surface area (Å²) >= 11 is 0. The van der Waals surface area contributed by atoms with E-state index in [2.05, 4.69) is 4.98 Å². The van der Waals surface area contributed by atoms with Gasteiger partial charge in [0.2, 0.25) is 0 Å². The van der Waals surface area contributed by atoms with Crippen LogP contribution in [0.15, 0.2) is 18.3 Å². The molecule has 1 aliphatic heterocycles. The SMILES string of the molecule is CC(C)(C)OC(=O)N1CCN(c2ccc(C(C)(F)F)cn2)CC1. The Balaban J connectivity index is 1.93. The van der Waals surface area contributed by atoms with Crippen molar-refractivity contribution in [3.63, 3.8) is 0 Å². The minimum Gasteiger partial charge on any atom is -0.444 e. The molecule has 23 heavy (non-hydrogen) atoms. The van der Waals surface area contributed by atoms with Crippen molar-refractivity contribution in [2.45, 2.75) is 39.2 Å². The van der Waals surface area contributed by atoms with Crippen molar-refractivity contribution < 1.29 is 18.3 Å². The Morgan fingerprint density at radius 1 is 1.13 bits per heavy atom. The van der Waals surface area contributed by atoms with Gasteiger partial charge in [-0.15, -0.1) is 0 Å². The maximum atomic E-state index is 13.2. The second-order valence-electron chi connectivity index (χ2n) is 6.75. The lowest BCUT2D eigenvalue weighted by Gasteiger charge is -2.36. The number of hydrogen-bond acceptors (Lipinski definition) is 4. The summed E-state index contributed by atoms with van der Waals surface area (Å²) in [6, 6.07) is 2.98. The van der Waals surface area contributed by atoms with Gasteiger partial charge in [-0.05, 0) is 32.9 Å². The summed E-state index contributed by atoms with van der Waals surface area (Å²) in [7, 11) is 0. The van der Waals surface area contributed by atoms with Gasteiger partial charge in [-0.2, -0.15) is 0 Å². The first kappa shape index (κ1) is 17.4. The Hall–Kier alpha value is -1.92. The molecule has 1 aromatic rings.